The van der Waals surface area contributed by atoms with Crippen LogP contribution in [-0.2, 0) is 4.74 Å². The van der Waals surface area contributed by atoms with Crippen LogP contribution in [0.5, 0.6) is 0 Å². The molecule has 4 heteroatoms. The van der Waals surface area contributed by atoms with Gasteiger partial charge in [-0.3, -0.25) is 4.98 Å². The number of nitrogens with zero attached hydrogens (tertiary/aromatic N) is 1. The van der Waals surface area contributed by atoms with E-state index >= 15 is 0 Å². The largest absolute Gasteiger partial charge is 0.379 e. The minimum absolute atomic E-state index is 0.150. The summed E-state index contributed by atoms with van der Waals surface area (Å²) in [5.41, 5.74) is 1.06. The molecule has 1 N–H and O–H groups in total. The molecule has 1 aromatic heterocycles. The van der Waals surface area contributed by atoms with Gasteiger partial charge in [0.05, 0.1) is 17.7 Å². The second kappa shape index (κ2) is 8.45. The smallest absolute Gasteiger partial charge is 0.0662 e. The molecule has 0 aliphatic carbocycles. The first-order chi connectivity index (χ1) is 8.29. The Morgan fingerprint density at radius 2 is 2.24 bits per heavy atom. The number of rotatable bonds is 8. The Morgan fingerprint density at radius 1 is 1.41 bits per heavy atom. The van der Waals surface area contributed by atoms with Crippen molar-refractivity contribution >= 4 is 11.6 Å². The Morgan fingerprint density at radius 3 is 2.88 bits per heavy atom. The molecule has 1 unspecified atom stereocenters. The van der Waals surface area contributed by atoms with Crippen LogP contribution in [0.3, 0.4) is 0 Å². The van der Waals surface area contributed by atoms with E-state index < -0.39 is 0 Å². The van der Waals surface area contributed by atoms with Crippen LogP contribution in [0.4, 0.5) is 0 Å². The first-order valence-corrected chi connectivity index (χ1v) is 6.57. The van der Waals surface area contributed by atoms with E-state index in [4.69, 9.17) is 16.3 Å². The van der Waals surface area contributed by atoms with E-state index in [1.807, 2.05) is 6.07 Å². The van der Waals surface area contributed by atoms with Crippen molar-refractivity contribution in [3.05, 3.63) is 29.0 Å². The predicted octanol–water partition coefficient (Wildman–Crippen LogP) is 3.20. The van der Waals surface area contributed by atoms with Crippen LogP contribution in [0.25, 0.3) is 0 Å². The van der Waals surface area contributed by atoms with Crippen molar-refractivity contribution in [3.63, 3.8) is 0 Å². The van der Waals surface area contributed by atoms with Gasteiger partial charge in [-0.15, -0.1) is 0 Å². The zero-order valence-electron chi connectivity index (χ0n) is 10.6. The molecule has 0 bridgehead atoms. The Bertz CT molecular complexity index is 320. The maximum Gasteiger partial charge on any atom is 0.0662 e. The number of nitrogens with one attached hydrogen (secondary N) is 1. The monoisotopic (exact) mass is 256 g/mol. The fourth-order valence-electron chi connectivity index (χ4n) is 1.59. The number of aromatic nitrogens is 1. The molecule has 1 aromatic rings. The quantitative estimate of drug-likeness (QED) is 0.726. The lowest BCUT2D eigenvalue weighted by atomic mass is 10.1. The number of hydrogen-bond donors (Lipinski definition) is 1. The molecule has 0 saturated heterocycles. The molecular weight excluding hydrogens is 236 g/mol. The summed E-state index contributed by atoms with van der Waals surface area (Å²) in [4.78, 5) is 4.00. The van der Waals surface area contributed by atoms with Crippen molar-refractivity contribution in [2.75, 3.05) is 19.8 Å². The van der Waals surface area contributed by atoms with Gasteiger partial charge in [-0.05, 0) is 31.0 Å². The van der Waals surface area contributed by atoms with E-state index in [2.05, 4.69) is 24.1 Å². The Hall–Kier alpha value is -0.640. The van der Waals surface area contributed by atoms with Crippen LogP contribution in [0.1, 0.15) is 38.3 Å². The number of ether oxygens (including phenoxy) is 1. The van der Waals surface area contributed by atoms with Gasteiger partial charge in [0, 0.05) is 19.0 Å². The van der Waals surface area contributed by atoms with Gasteiger partial charge >= 0.3 is 0 Å². The Balaban J connectivity index is 2.64. The molecule has 0 radical (unpaired) electrons. The number of halogens is 1. The van der Waals surface area contributed by atoms with Crippen LogP contribution in [0.15, 0.2) is 18.5 Å². The van der Waals surface area contributed by atoms with Gasteiger partial charge in [-0.1, -0.05) is 25.4 Å². The second-order valence-electron chi connectivity index (χ2n) is 3.98. The van der Waals surface area contributed by atoms with Crippen LogP contribution >= 0.6 is 11.6 Å². The normalized spacial score (nSPS) is 12.6. The molecule has 3 nitrogen and oxygen atoms in total. The van der Waals surface area contributed by atoms with Gasteiger partial charge in [0.15, 0.2) is 0 Å². The van der Waals surface area contributed by atoms with Gasteiger partial charge in [0.2, 0.25) is 0 Å². The Labute approximate surface area is 109 Å². The van der Waals surface area contributed by atoms with Crippen LogP contribution in [0.2, 0.25) is 5.02 Å². The maximum absolute atomic E-state index is 6.15. The van der Waals surface area contributed by atoms with Crippen molar-refractivity contribution in [3.8, 4) is 0 Å². The van der Waals surface area contributed by atoms with Crippen LogP contribution in [0, 0.1) is 0 Å². The molecule has 0 amide bonds. The third-order valence-electron chi connectivity index (χ3n) is 2.45. The third-order valence-corrected chi connectivity index (χ3v) is 2.77. The van der Waals surface area contributed by atoms with Gasteiger partial charge in [-0.25, -0.2) is 0 Å². The molecule has 1 heterocycles. The SMILES string of the molecule is CCCNC(COCCC)c1ccncc1Cl. The van der Waals surface area contributed by atoms with E-state index in [1.54, 1.807) is 12.4 Å². The molecule has 1 atom stereocenters. The van der Waals surface area contributed by atoms with Gasteiger partial charge in [0.1, 0.15) is 0 Å². The number of hydrogen-bond acceptors (Lipinski definition) is 3. The van der Waals surface area contributed by atoms with E-state index in [0.717, 1.165) is 31.6 Å². The molecule has 0 aliphatic rings. The van der Waals surface area contributed by atoms with E-state index in [-0.39, 0.29) is 6.04 Å². The number of pyridine rings is 1. The molecule has 0 spiro atoms. The summed E-state index contributed by atoms with van der Waals surface area (Å²) in [5.74, 6) is 0. The third kappa shape index (κ3) is 5.02. The second-order valence-corrected chi connectivity index (χ2v) is 4.39. The van der Waals surface area contributed by atoms with E-state index in [1.165, 1.54) is 0 Å². The highest BCUT2D eigenvalue weighted by atomic mass is 35.5. The first-order valence-electron chi connectivity index (χ1n) is 6.20. The van der Waals surface area contributed by atoms with Crippen LogP contribution in [-0.4, -0.2) is 24.7 Å². The highest BCUT2D eigenvalue weighted by Gasteiger charge is 2.13. The zero-order valence-corrected chi connectivity index (χ0v) is 11.3. The summed E-state index contributed by atoms with van der Waals surface area (Å²) in [6, 6.07) is 2.10. The molecule has 0 aliphatic heterocycles. The van der Waals surface area contributed by atoms with Crippen molar-refractivity contribution < 1.29 is 4.74 Å². The zero-order chi connectivity index (χ0) is 12.5. The van der Waals surface area contributed by atoms with E-state index in [0.29, 0.717) is 11.6 Å². The first kappa shape index (κ1) is 14.4. The maximum atomic E-state index is 6.15. The summed E-state index contributed by atoms with van der Waals surface area (Å²) in [5, 5.41) is 4.14. The van der Waals surface area contributed by atoms with Crippen molar-refractivity contribution in [2.24, 2.45) is 0 Å². The highest BCUT2D eigenvalue weighted by molar-refractivity contribution is 6.31. The minimum Gasteiger partial charge on any atom is -0.379 e. The summed E-state index contributed by atoms with van der Waals surface area (Å²) >= 11 is 6.15. The van der Waals surface area contributed by atoms with Crippen molar-refractivity contribution in [1.29, 1.82) is 0 Å². The lowest BCUT2D eigenvalue weighted by Crippen LogP contribution is -2.26. The topological polar surface area (TPSA) is 34.1 Å². The summed E-state index contributed by atoms with van der Waals surface area (Å²) < 4.78 is 5.61. The van der Waals surface area contributed by atoms with Gasteiger partial charge in [0.25, 0.3) is 0 Å². The molecule has 0 saturated carbocycles. The fraction of sp³-hybridized carbons (Fsp3) is 0.615. The lowest BCUT2D eigenvalue weighted by Gasteiger charge is -2.19. The molecular formula is C13H21ClN2O. The summed E-state index contributed by atoms with van der Waals surface area (Å²) in [6.45, 7) is 6.64. The predicted molar refractivity (Wildman–Crippen MR) is 71.4 cm³/mol. The standard InChI is InChI=1S/C13H21ClN2O/c1-3-6-16-13(10-17-8-4-2)11-5-7-15-9-12(11)14/h5,7,9,13,16H,3-4,6,8,10H2,1-2H3. The average Bonchev–Trinajstić information content (AvgIpc) is 2.35. The molecule has 17 heavy (non-hydrogen) atoms. The summed E-state index contributed by atoms with van der Waals surface area (Å²) in [6.07, 6.45) is 5.57. The highest BCUT2D eigenvalue weighted by Crippen LogP contribution is 2.21. The Kier molecular flexibility index (Phi) is 7.17. The van der Waals surface area contributed by atoms with Crippen LogP contribution < -0.4 is 5.32 Å². The molecule has 0 aromatic carbocycles. The molecule has 96 valence electrons. The van der Waals surface area contributed by atoms with E-state index in [9.17, 15) is 0 Å². The molecule has 0 fully saturated rings. The lowest BCUT2D eigenvalue weighted by molar-refractivity contribution is 0.112. The van der Waals surface area contributed by atoms with Gasteiger partial charge < -0.3 is 10.1 Å². The van der Waals surface area contributed by atoms with Crippen molar-refractivity contribution in [2.45, 2.75) is 32.7 Å². The van der Waals surface area contributed by atoms with Crippen molar-refractivity contribution in [1.82, 2.24) is 10.3 Å². The molecule has 1 rings (SSSR count). The average molecular weight is 257 g/mol. The minimum atomic E-state index is 0.150. The fourth-order valence-corrected chi connectivity index (χ4v) is 1.84. The summed E-state index contributed by atoms with van der Waals surface area (Å²) in [7, 11) is 0. The van der Waals surface area contributed by atoms with Gasteiger partial charge in [-0.2, -0.15) is 0 Å².